The number of hydrogen-bond donors (Lipinski definition) is 2. The molecule has 2 N–H and O–H groups in total. The lowest BCUT2D eigenvalue weighted by Crippen LogP contribution is -2.52. The normalized spacial score (nSPS) is 14.6. The molecule has 0 fully saturated rings. The van der Waals surface area contributed by atoms with Crippen LogP contribution in [0.1, 0.15) is 49.7 Å². The van der Waals surface area contributed by atoms with Crippen LogP contribution in [0, 0.1) is 0 Å². The fourth-order valence-electron chi connectivity index (χ4n) is 3.83. The van der Waals surface area contributed by atoms with Crippen LogP contribution in [-0.2, 0) is 9.53 Å². The van der Waals surface area contributed by atoms with Crippen molar-refractivity contribution >= 4 is 23.7 Å². The average molecular weight is 416 g/mol. The zero-order valence-electron chi connectivity index (χ0n) is 16.5. The van der Waals surface area contributed by atoms with Crippen LogP contribution in [0.15, 0.2) is 48.5 Å². The van der Waals surface area contributed by atoms with Gasteiger partial charge in [-0.15, -0.1) is 11.6 Å². The quantitative estimate of drug-likeness (QED) is 0.437. The Kier molecular flexibility index (Phi) is 6.80. The molecule has 0 aromatic heterocycles. The Hall–Kier alpha value is -2.53. The molecule has 1 aliphatic carbocycles. The fraction of sp³-hybridized carbons (Fsp3) is 0.391. The number of carbonyl (C=O) groups is 2. The number of carboxylic acids is 1. The van der Waals surface area contributed by atoms with Crippen LogP contribution in [0.4, 0.5) is 4.79 Å². The molecule has 1 unspecified atom stereocenters. The van der Waals surface area contributed by atoms with E-state index in [1.165, 1.54) is 6.92 Å². The standard InChI is InChI=1S/C23H26ClNO4/c1-23(21(26)27,13-7-2-8-14-24)25-22(28)29-15-20-18-11-5-3-9-16(18)17-10-4-6-12-19(17)20/h3-6,9-12,20H,2,7-8,13-15H2,1H3,(H,25,28)(H,26,27). The van der Waals surface area contributed by atoms with Gasteiger partial charge in [0.2, 0.25) is 0 Å². The summed E-state index contributed by atoms with van der Waals surface area (Å²) < 4.78 is 5.48. The predicted octanol–water partition coefficient (Wildman–Crippen LogP) is 5.17. The van der Waals surface area contributed by atoms with Crippen LogP contribution in [-0.4, -0.2) is 35.2 Å². The first-order valence-corrected chi connectivity index (χ1v) is 10.4. The maximum Gasteiger partial charge on any atom is 0.408 e. The molecule has 1 atom stereocenters. The van der Waals surface area contributed by atoms with E-state index in [-0.39, 0.29) is 12.5 Å². The van der Waals surface area contributed by atoms with Gasteiger partial charge >= 0.3 is 12.1 Å². The summed E-state index contributed by atoms with van der Waals surface area (Å²) in [5, 5.41) is 12.1. The van der Waals surface area contributed by atoms with Crippen LogP contribution in [0.25, 0.3) is 11.1 Å². The molecule has 1 amide bonds. The van der Waals surface area contributed by atoms with Gasteiger partial charge < -0.3 is 15.2 Å². The maximum absolute atomic E-state index is 12.4. The number of ether oxygens (including phenoxy) is 1. The Morgan fingerprint density at radius 1 is 1.03 bits per heavy atom. The minimum atomic E-state index is -1.37. The van der Waals surface area contributed by atoms with Gasteiger partial charge in [-0.2, -0.15) is 0 Å². The lowest BCUT2D eigenvalue weighted by Gasteiger charge is -2.26. The molecule has 6 heteroatoms. The fourth-order valence-corrected chi connectivity index (χ4v) is 4.02. The number of carbonyl (C=O) groups excluding carboxylic acids is 1. The Bertz CT molecular complexity index is 839. The van der Waals surface area contributed by atoms with Gasteiger partial charge in [-0.05, 0) is 42.0 Å². The lowest BCUT2D eigenvalue weighted by atomic mass is 9.94. The topological polar surface area (TPSA) is 75.6 Å². The highest BCUT2D eigenvalue weighted by Crippen LogP contribution is 2.44. The molecule has 154 valence electrons. The van der Waals surface area contributed by atoms with E-state index in [0.29, 0.717) is 18.7 Å². The number of halogens is 1. The van der Waals surface area contributed by atoms with Gasteiger partial charge in [0.15, 0.2) is 0 Å². The summed E-state index contributed by atoms with van der Waals surface area (Å²) in [6.07, 6.45) is 1.91. The zero-order chi connectivity index (χ0) is 20.9. The van der Waals surface area contributed by atoms with Crippen molar-refractivity contribution in [2.24, 2.45) is 0 Å². The monoisotopic (exact) mass is 415 g/mol. The van der Waals surface area contributed by atoms with Crippen LogP contribution in [0.5, 0.6) is 0 Å². The van der Waals surface area contributed by atoms with Crippen LogP contribution in [0.2, 0.25) is 0 Å². The summed E-state index contributed by atoms with van der Waals surface area (Å²) in [5.41, 5.74) is 3.15. The lowest BCUT2D eigenvalue weighted by molar-refractivity contribution is -0.144. The molecule has 3 rings (SSSR count). The van der Waals surface area contributed by atoms with Crippen molar-refractivity contribution in [3.63, 3.8) is 0 Å². The number of aliphatic carboxylic acids is 1. The molecule has 0 heterocycles. The molecular formula is C23H26ClNO4. The van der Waals surface area contributed by atoms with Gasteiger partial charge in [-0.3, -0.25) is 0 Å². The van der Waals surface area contributed by atoms with E-state index in [1.807, 2.05) is 36.4 Å². The second-order valence-electron chi connectivity index (χ2n) is 7.59. The third-order valence-corrected chi connectivity index (χ3v) is 5.77. The number of alkyl halides is 1. The highest BCUT2D eigenvalue weighted by molar-refractivity contribution is 6.17. The molecule has 0 aliphatic heterocycles. The molecule has 29 heavy (non-hydrogen) atoms. The molecule has 0 radical (unpaired) electrons. The van der Waals surface area contributed by atoms with Gasteiger partial charge in [-0.25, -0.2) is 9.59 Å². The van der Waals surface area contributed by atoms with Crippen molar-refractivity contribution in [1.82, 2.24) is 5.32 Å². The molecule has 1 aliphatic rings. The summed E-state index contributed by atoms with van der Waals surface area (Å²) in [5.74, 6) is -0.589. The number of amides is 1. The van der Waals surface area contributed by atoms with Crippen molar-refractivity contribution in [3.8, 4) is 11.1 Å². The van der Waals surface area contributed by atoms with E-state index >= 15 is 0 Å². The molecule has 5 nitrogen and oxygen atoms in total. The molecule has 0 bridgehead atoms. The largest absolute Gasteiger partial charge is 0.480 e. The smallest absolute Gasteiger partial charge is 0.408 e. The summed E-state index contributed by atoms with van der Waals surface area (Å²) in [4.78, 5) is 24.1. The Morgan fingerprint density at radius 3 is 2.17 bits per heavy atom. The molecule has 2 aromatic rings. The highest BCUT2D eigenvalue weighted by atomic mass is 35.5. The molecule has 0 saturated heterocycles. The van der Waals surface area contributed by atoms with Crippen molar-refractivity contribution in [2.75, 3.05) is 12.5 Å². The second-order valence-corrected chi connectivity index (χ2v) is 7.97. The minimum absolute atomic E-state index is 0.0621. The first-order chi connectivity index (χ1) is 14.0. The Morgan fingerprint density at radius 2 is 1.62 bits per heavy atom. The summed E-state index contributed by atoms with van der Waals surface area (Å²) in [6, 6.07) is 16.1. The van der Waals surface area contributed by atoms with Gasteiger partial charge in [0.25, 0.3) is 0 Å². The van der Waals surface area contributed by atoms with Crippen LogP contribution < -0.4 is 5.32 Å². The van der Waals surface area contributed by atoms with Gasteiger partial charge in [0, 0.05) is 11.8 Å². The number of rotatable bonds is 9. The van der Waals surface area contributed by atoms with Gasteiger partial charge in [-0.1, -0.05) is 61.4 Å². The molecule has 2 aromatic carbocycles. The first kappa shape index (κ1) is 21.2. The summed E-state index contributed by atoms with van der Waals surface area (Å²) >= 11 is 5.67. The van der Waals surface area contributed by atoms with Crippen molar-refractivity contribution < 1.29 is 19.4 Å². The number of alkyl carbamates (subject to hydrolysis) is 1. The molecule has 0 spiro atoms. The third kappa shape index (κ3) is 4.73. The molecular weight excluding hydrogens is 390 g/mol. The Balaban J connectivity index is 1.65. The first-order valence-electron chi connectivity index (χ1n) is 9.89. The summed E-state index contributed by atoms with van der Waals surface area (Å²) in [7, 11) is 0. The average Bonchev–Trinajstić information content (AvgIpc) is 3.03. The number of benzene rings is 2. The highest BCUT2D eigenvalue weighted by Gasteiger charge is 2.35. The number of unbranched alkanes of at least 4 members (excludes halogenated alkanes) is 2. The maximum atomic E-state index is 12.4. The van der Waals surface area contributed by atoms with Crippen molar-refractivity contribution in [1.29, 1.82) is 0 Å². The zero-order valence-corrected chi connectivity index (χ0v) is 17.2. The number of fused-ring (bicyclic) bond motifs is 3. The van der Waals surface area contributed by atoms with Crippen molar-refractivity contribution in [2.45, 2.75) is 44.1 Å². The van der Waals surface area contributed by atoms with Crippen molar-refractivity contribution in [3.05, 3.63) is 59.7 Å². The Labute approximate surface area is 176 Å². The van der Waals surface area contributed by atoms with Crippen LogP contribution in [0.3, 0.4) is 0 Å². The van der Waals surface area contributed by atoms with E-state index in [1.54, 1.807) is 0 Å². The number of hydrogen-bond acceptors (Lipinski definition) is 3. The van der Waals surface area contributed by atoms with Gasteiger partial charge in [0.1, 0.15) is 12.1 Å². The number of nitrogens with one attached hydrogen (secondary N) is 1. The van der Waals surface area contributed by atoms with Crippen LogP contribution >= 0.6 is 11.6 Å². The second kappa shape index (κ2) is 9.31. The minimum Gasteiger partial charge on any atom is -0.480 e. The van der Waals surface area contributed by atoms with E-state index in [4.69, 9.17) is 16.3 Å². The number of carboxylic acid groups (broad SMARTS) is 1. The van der Waals surface area contributed by atoms with Gasteiger partial charge in [0.05, 0.1) is 0 Å². The third-order valence-electron chi connectivity index (χ3n) is 5.50. The molecule has 0 saturated carbocycles. The van der Waals surface area contributed by atoms with E-state index in [9.17, 15) is 14.7 Å². The van der Waals surface area contributed by atoms with E-state index in [2.05, 4.69) is 17.4 Å². The van der Waals surface area contributed by atoms with E-state index in [0.717, 1.165) is 35.1 Å². The summed E-state index contributed by atoms with van der Waals surface area (Å²) in [6.45, 7) is 1.67. The van der Waals surface area contributed by atoms with E-state index < -0.39 is 17.6 Å². The predicted molar refractivity (Wildman–Crippen MR) is 113 cm³/mol. The SMILES string of the molecule is CC(CCCCCCl)(NC(=O)OCC1c2ccccc2-c2ccccc21)C(=O)O.